The molecule has 2 heterocycles. The van der Waals surface area contributed by atoms with Crippen LogP contribution in [0.4, 0.5) is 17.5 Å². The normalized spacial score (nSPS) is 17.8. The summed E-state index contributed by atoms with van der Waals surface area (Å²) in [6.45, 7) is 5.83. The lowest BCUT2D eigenvalue weighted by Gasteiger charge is -2.32. The molecule has 0 spiro atoms. The molecule has 2 aliphatic rings. The highest BCUT2D eigenvalue weighted by molar-refractivity contribution is 5.97. The van der Waals surface area contributed by atoms with Gasteiger partial charge in [0.25, 0.3) is 5.91 Å². The molecule has 4 N–H and O–H groups in total. The van der Waals surface area contributed by atoms with Gasteiger partial charge in [0.2, 0.25) is 5.95 Å². The summed E-state index contributed by atoms with van der Waals surface area (Å²) >= 11 is 0. The van der Waals surface area contributed by atoms with Crippen LogP contribution in [0.2, 0.25) is 0 Å². The number of amides is 1. The molecule has 1 aliphatic carbocycles. The van der Waals surface area contributed by atoms with Crippen LogP contribution >= 0.6 is 0 Å². The Kier molecular flexibility index (Phi) is 5.94. The Bertz CT molecular complexity index is 841. The van der Waals surface area contributed by atoms with Crippen LogP contribution in [-0.4, -0.2) is 46.5 Å². The maximum absolute atomic E-state index is 11.6. The molecule has 2 aromatic rings. The molecule has 29 heavy (non-hydrogen) atoms. The van der Waals surface area contributed by atoms with Gasteiger partial charge >= 0.3 is 0 Å². The minimum absolute atomic E-state index is 0.326. The summed E-state index contributed by atoms with van der Waals surface area (Å²) in [5, 5.41) is 6.50. The molecule has 1 aromatic carbocycles. The molecule has 0 bridgehead atoms. The second-order valence-corrected chi connectivity index (χ2v) is 8.10. The van der Waals surface area contributed by atoms with E-state index in [2.05, 4.69) is 56.7 Å². The molecule has 0 unspecified atom stereocenters. The number of nitrogens with zero attached hydrogens (tertiary/aromatic N) is 3. The van der Waals surface area contributed by atoms with E-state index in [1.807, 2.05) is 0 Å². The van der Waals surface area contributed by atoms with Crippen LogP contribution < -0.4 is 16.4 Å². The van der Waals surface area contributed by atoms with Crippen LogP contribution in [0.15, 0.2) is 30.5 Å². The van der Waals surface area contributed by atoms with Crippen molar-refractivity contribution in [1.82, 2.24) is 14.9 Å². The summed E-state index contributed by atoms with van der Waals surface area (Å²) in [5.41, 5.74) is 8.10. The van der Waals surface area contributed by atoms with Gasteiger partial charge in [0.05, 0.1) is 5.56 Å². The molecule has 1 aromatic heterocycles. The number of nitrogens with one attached hydrogen (secondary N) is 2. The number of carbonyl (C=O) groups is 1. The first kappa shape index (κ1) is 19.6. The van der Waals surface area contributed by atoms with Crippen molar-refractivity contribution >= 4 is 23.4 Å². The minimum atomic E-state index is -0.519. The Hall–Kier alpha value is -2.67. The number of hydrogen-bond acceptors (Lipinski definition) is 6. The van der Waals surface area contributed by atoms with Gasteiger partial charge in [0, 0.05) is 17.9 Å². The fourth-order valence-corrected chi connectivity index (χ4v) is 3.93. The molecule has 0 atom stereocenters. The number of primary amides is 1. The smallest absolute Gasteiger partial charge is 0.254 e. The van der Waals surface area contributed by atoms with Crippen molar-refractivity contribution in [3.05, 3.63) is 41.6 Å². The van der Waals surface area contributed by atoms with Gasteiger partial charge in [-0.25, -0.2) is 4.98 Å². The van der Waals surface area contributed by atoms with E-state index < -0.39 is 5.91 Å². The fraction of sp³-hybridized carbons (Fsp3) is 0.500. The quantitative estimate of drug-likeness (QED) is 0.634. The van der Waals surface area contributed by atoms with Gasteiger partial charge in [-0.05, 0) is 75.4 Å². The molecule has 7 heteroatoms. The van der Waals surface area contributed by atoms with Crippen molar-refractivity contribution in [2.24, 2.45) is 5.73 Å². The molecule has 2 fully saturated rings. The minimum Gasteiger partial charge on any atom is -0.367 e. The summed E-state index contributed by atoms with van der Waals surface area (Å²) < 4.78 is 0. The number of likely N-dealkylation sites (tertiary alicyclic amines) is 1. The molecule has 1 aliphatic heterocycles. The summed E-state index contributed by atoms with van der Waals surface area (Å²) in [7, 11) is 0. The lowest BCUT2D eigenvalue weighted by Crippen LogP contribution is -2.33. The first-order valence-corrected chi connectivity index (χ1v) is 10.6. The number of benzene rings is 1. The third-order valence-electron chi connectivity index (χ3n) is 5.74. The van der Waals surface area contributed by atoms with E-state index in [1.165, 1.54) is 50.7 Å². The summed E-state index contributed by atoms with van der Waals surface area (Å²) in [6, 6.07) is 8.92. The highest BCUT2D eigenvalue weighted by Gasteiger charge is 2.24. The monoisotopic (exact) mass is 394 g/mol. The van der Waals surface area contributed by atoms with Crippen molar-refractivity contribution in [3.63, 3.8) is 0 Å². The Morgan fingerprint density at radius 2 is 1.90 bits per heavy atom. The molecule has 7 nitrogen and oxygen atoms in total. The molecular weight excluding hydrogens is 364 g/mol. The lowest BCUT2D eigenvalue weighted by molar-refractivity contribution is 0.100. The van der Waals surface area contributed by atoms with Crippen LogP contribution in [0.5, 0.6) is 0 Å². The first-order chi connectivity index (χ1) is 14.1. The Balaban J connectivity index is 1.40. The fourth-order valence-electron chi connectivity index (χ4n) is 3.93. The van der Waals surface area contributed by atoms with Gasteiger partial charge in [0.1, 0.15) is 5.82 Å². The Labute approximate surface area is 172 Å². The Morgan fingerprint density at radius 1 is 1.17 bits per heavy atom. The SMILES string of the molecule is CCCN1CCC(c2ccc(Nc3ncc(C(N)=O)c(NC4CC4)n3)cc2)CC1. The third kappa shape index (κ3) is 5.03. The summed E-state index contributed by atoms with van der Waals surface area (Å²) in [5.74, 6) is 1.08. The Morgan fingerprint density at radius 3 is 2.52 bits per heavy atom. The van der Waals surface area contributed by atoms with E-state index >= 15 is 0 Å². The van der Waals surface area contributed by atoms with E-state index in [0.717, 1.165) is 18.5 Å². The maximum Gasteiger partial charge on any atom is 0.254 e. The number of hydrogen-bond donors (Lipinski definition) is 3. The van der Waals surface area contributed by atoms with Crippen LogP contribution in [0.25, 0.3) is 0 Å². The third-order valence-corrected chi connectivity index (χ3v) is 5.74. The van der Waals surface area contributed by atoms with Gasteiger partial charge in [-0.3, -0.25) is 4.79 Å². The molecule has 1 saturated heterocycles. The van der Waals surface area contributed by atoms with Crippen LogP contribution in [0.3, 0.4) is 0 Å². The topological polar surface area (TPSA) is 96.2 Å². The average Bonchev–Trinajstić information content (AvgIpc) is 3.53. The van der Waals surface area contributed by atoms with E-state index in [0.29, 0.717) is 29.3 Å². The average molecular weight is 395 g/mol. The van der Waals surface area contributed by atoms with Crippen molar-refractivity contribution in [3.8, 4) is 0 Å². The zero-order valence-electron chi connectivity index (χ0n) is 17.0. The van der Waals surface area contributed by atoms with Crippen LogP contribution in [0.1, 0.15) is 60.9 Å². The molecule has 154 valence electrons. The van der Waals surface area contributed by atoms with Gasteiger partial charge < -0.3 is 21.3 Å². The predicted molar refractivity (Wildman–Crippen MR) is 116 cm³/mol. The zero-order valence-corrected chi connectivity index (χ0v) is 17.0. The number of piperidine rings is 1. The van der Waals surface area contributed by atoms with Crippen molar-refractivity contribution in [1.29, 1.82) is 0 Å². The number of aromatic nitrogens is 2. The number of carbonyl (C=O) groups excluding carboxylic acids is 1. The highest BCUT2D eigenvalue weighted by Crippen LogP contribution is 2.30. The number of rotatable bonds is 8. The highest BCUT2D eigenvalue weighted by atomic mass is 16.1. The van der Waals surface area contributed by atoms with E-state index in [9.17, 15) is 4.79 Å². The summed E-state index contributed by atoms with van der Waals surface area (Å²) in [4.78, 5) is 22.9. The van der Waals surface area contributed by atoms with E-state index in [-0.39, 0.29) is 0 Å². The molecular formula is C22H30N6O. The van der Waals surface area contributed by atoms with Crippen LogP contribution in [0, 0.1) is 0 Å². The van der Waals surface area contributed by atoms with Gasteiger partial charge in [-0.2, -0.15) is 4.98 Å². The van der Waals surface area contributed by atoms with Crippen molar-refractivity contribution in [2.75, 3.05) is 30.3 Å². The second kappa shape index (κ2) is 8.78. The van der Waals surface area contributed by atoms with Crippen LogP contribution in [-0.2, 0) is 0 Å². The lowest BCUT2D eigenvalue weighted by atomic mass is 9.89. The molecule has 1 amide bonds. The zero-order chi connectivity index (χ0) is 20.2. The molecule has 1 saturated carbocycles. The second-order valence-electron chi connectivity index (χ2n) is 8.10. The van der Waals surface area contributed by atoms with Gasteiger partial charge in [-0.1, -0.05) is 19.1 Å². The standard InChI is InChI=1S/C22H30N6O/c1-2-11-28-12-9-16(10-13-28)15-3-5-18(6-4-15)26-22-24-14-19(20(23)29)21(27-22)25-17-7-8-17/h3-6,14,16-17H,2,7-13H2,1H3,(H2,23,29)(H2,24,25,26,27). The first-order valence-electron chi connectivity index (χ1n) is 10.6. The molecule has 4 rings (SSSR count). The van der Waals surface area contributed by atoms with Gasteiger partial charge in [0.15, 0.2) is 0 Å². The van der Waals surface area contributed by atoms with Crippen molar-refractivity contribution < 1.29 is 4.79 Å². The molecule has 0 radical (unpaired) electrons. The van der Waals surface area contributed by atoms with E-state index in [4.69, 9.17) is 5.73 Å². The largest absolute Gasteiger partial charge is 0.367 e. The predicted octanol–water partition coefficient (Wildman–Crippen LogP) is 3.48. The number of anilines is 3. The van der Waals surface area contributed by atoms with Gasteiger partial charge in [-0.15, -0.1) is 0 Å². The maximum atomic E-state index is 11.6. The summed E-state index contributed by atoms with van der Waals surface area (Å²) in [6.07, 6.45) is 7.33. The van der Waals surface area contributed by atoms with Crippen molar-refractivity contribution in [2.45, 2.75) is 51.0 Å². The number of nitrogens with two attached hydrogens (primary N) is 1. The van der Waals surface area contributed by atoms with E-state index in [1.54, 1.807) is 0 Å².